The first-order valence-electron chi connectivity index (χ1n) is 22.8. The highest BCUT2D eigenvalue weighted by atomic mass is 32.2. The van der Waals surface area contributed by atoms with Crippen molar-refractivity contribution in [2.45, 2.75) is 119 Å². The van der Waals surface area contributed by atoms with Crippen LogP contribution >= 0.6 is 11.8 Å². The quantitative estimate of drug-likeness (QED) is 0.0250. The third kappa shape index (κ3) is 17.2. The van der Waals surface area contributed by atoms with Gasteiger partial charge in [-0.15, -0.1) is 0 Å². The fourth-order valence-corrected chi connectivity index (χ4v) is 8.77. The Kier molecular flexibility index (Phi) is 21.9. The maximum Gasteiger partial charge on any atom is 0.326 e. The minimum Gasteiger partial charge on any atom is -0.480 e. The second-order valence-corrected chi connectivity index (χ2v) is 17.7. The van der Waals surface area contributed by atoms with Crippen molar-refractivity contribution < 1.29 is 43.5 Å². The zero-order chi connectivity index (χ0) is 48.9. The average Bonchev–Trinajstić information content (AvgIpc) is 4.12. The molecule has 15 N–H and O–H groups in total. The highest BCUT2D eigenvalue weighted by molar-refractivity contribution is 7.98. The van der Waals surface area contributed by atoms with Gasteiger partial charge in [-0.05, 0) is 94.7 Å². The summed E-state index contributed by atoms with van der Waals surface area (Å²) >= 11 is 1.48. The molecule has 0 radical (unpaired) electrons. The number of thioether (sulfide) groups is 1. The Morgan fingerprint density at radius 3 is 1.79 bits per heavy atom. The summed E-state index contributed by atoms with van der Waals surface area (Å²) in [5.74, 6) is -5.04. The molecule has 0 spiro atoms. The summed E-state index contributed by atoms with van der Waals surface area (Å²) in [7, 11) is 0. The van der Waals surface area contributed by atoms with Gasteiger partial charge in [-0.25, -0.2) is 4.79 Å². The van der Waals surface area contributed by atoms with E-state index >= 15 is 0 Å². The lowest BCUT2D eigenvalue weighted by Gasteiger charge is -2.29. The smallest absolute Gasteiger partial charge is 0.326 e. The standard InChI is InChI=1S/C43H68N14O9S/c1-67-23-17-29(54-39(63)33-16-9-22-57(33)40(64)30-14-7-18-48-30)35(59)51-25-34(58)56-21-8-15-32(56)38(62)53-28(13-6-20-50-43(46)47)36(60)52-27(12-5-19-49-42(44)45)37(61)55-31(41(65)66)24-26-10-3-2-4-11-26/h2-4,10-11,27-33,48H,5-9,12-25H2,1H3,(H,51,59)(H,52,60)(H,53,62)(H,54,63)(H,55,61)(H,65,66)(H4,44,45,49)(H4,46,47,50)/t27-,28-,29-,30-,31-,32-,33-/m0/s1. The first kappa shape index (κ1) is 53.4. The Hall–Kier alpha value is -6.17. The van der Waals surface area contributed by atoms with Crippen molar-refractivity contribution in [3.8, 4) is 0 Å². The van der Waals surface area contributed by atoms with Gasteiger partial charge in [0.05, 0.1) is 12.6 Å². The molecule has 0 saturated carbocycles. The van der Waals surface area contributed by atoms with Crippen LogP contribution in [-0.2, 0) is 44.8 Å². The molecule has 7 atom stereocenters. The van der Waals surface area contributed by atoms with Gasteiger partial charge < -0.3 is 69.7 Å². The second-order valence-electron chi connectivity index (χ2n) is 16.8. The highest BCUT2D eigenvalue weighted by Crippen LogP contribution is 2.22. The molecule has 23 nitrogen and oxygen atoms in total. The summed E-state index contributed by atoms with van der Waals surface area (Å²) < 4.78 is 0. The van der Waals surface area contributed by atoms with Gasteiger partial charge in [0, 0.05) is 32.6 Å². The molecule has 4 rings (SSSR count). The molecule has 24 heteroatoms. The Balaban J connectivity index is 1.42. The molecule has 0 unspecified atom stereocenters. The van der Waals surface area contributed by atoms with Crippen LogP contribution in [0.25, 0.3) is 0 Å². The van der Waals surface area contributed by atoms with Gasteiger partial charge in [0.1, 0.15) is 36.3 Å². The van der Waals surface area contributed by atoms with Crippen LogP contribution in [0.4, 0.5) is 0 Å². The Morgan fingerprint density at radius 2 is 1.25 bits per heavy atom. The van der Waals surface area contributed by atoms with Gasteiger partial charge in [0.25, 0.3) is 0 Å². The molecule has 67 heavy (non-hydrogen) atoms. The van der Waals surface area contributed by atoms with Crippen LogP contribution in [0.1, 0.15) is 76.2 Å². The summed E-state index contributed by atoms with van der Waals surface area (Å²) in [6, 6.07) is 1.77. The third-order valence-corrected chi connectivity index (χ3v) is 12.4. The average molecular weight is 957 g/mol. The molecule has 3 saturated heterocycles. The number of carbonyl (C=O) groups excluding carboxylic acids is 7. The number of nitrogens with two attached hydrogens (primary N) is 4. The minimum absolute atomic E-state index is 0.00399. The fraction of sp³-hybridized carbons (Fsp3) is 0.628. The molecule has 3 heterocycles. The van der Waals surface area contributed by atoms with Crippen LogP contribution in [-0.4, -0.2) is 168 Å². The number of nitrogens with zero attached hydrogens (tertiary/aromatic N) is 4. The van der Waals surface area contributed by atoms with E-state index in [1.54, 1.807) is 35.2 Å². The number of nitrogens with one attached hydrogen (secondary N) is 6. The largest absolute Gasteiger partial charge is 0.480 e. The number of aliphatic imine (C=N–C) groups is 2. The first-order valence-corrected chi connectivity index (χ1v) is 24.2. The number of hydrogen-bond acceptors (Lipinski definition) is 12. The SMILES string of the molecule is CSCC[C@H](NC(=O)[C@@H]1CCCN1C(=O)[C@@H]1CCCN1)C(=O)NCC(=O)N1CCC[C@H]1C(=O)N[C@@H](CCCN=C(N)N)C(=O)N[C@@H](CCCN=C(N)N)C(=O)N[C@@H](Cc1ccccc1)C(=O)O. The number of carboxylic acids is 1. The molecule has 7 amide bonds. The second kappa shape index (κ2) is 27.5. The molecule has 3 aliphatic rings. The van der Waals surface area contributed by atoms with Crippen molar-refractivity contribution in [2.24, 2.45) is 32.9 Å². The van der Waals surface area contributed by atoms with Crippen LogP contribution < -0.4 is 54.8 Å². The maximum absolute atomic E-state index is 14.0. The topological polar surface area (TPSA) is 364 Å². The molecule has 0 aliphatic carbocycles. The lowest BCUT2D eigenvalue weighted by molar-refractivity contribution is -0.142. The summed E-state index contributed by atoms with van der Waals surface area (Å²) in [6.07, 6.45) is 5.94. The van der Waals surface area contributed by atoms with Crippen LogP contribution in [0.3, 0.4) is 0 Å². The van der Waals surface area contributed by atoms with E-state index in [4.69, 9.17) is 22.9 Å². The van der Waals surface area contributed by atoms with Gasteiger partial charge in [0.2, 0.25) is 41.4 Å². The summed E-state index contributed by atoms with van der Waals surface area (Å²) in [5, 5.41) is 26.5. The van der Waals surface area contributed by atoms with E-state index in [1.807, 2.05) is 6.26 Å². The van der Waals surface area contributed by atoms with E-state index in [2.05, 4.69) is 41.9 Å². The van der Waals surface area contributed by atoms with Crippen LogP contribution in [0.15, 0.2) is 40.3 Å². The minimum atomic E-state index is -1.34. The molecule has 1 aromatic rings. The first-order chi connectivity index (χ1) is 32.1. The van der Waals surface area contributed by atoms with Crippen LogP contribution in [0.2, 0.25) is 0 Å². The van der Waals surface area contributed by atoms with E-state index in [9.17, 15) is 43.5 Å². The van der Waals surface area contributed by atoms with Crippen LogP contribution in [0, 0.1) is 0 Å². The summed E-state index contributed by atoms with van der Waals surface area (Å²) in [4.78, 5) is 119. The van der Waals surface area contributed by atoms with Crippen molar-refractivity contribution in [1.29, 1.82) is 0 Å². The van der Waals surface area contributed by atoms with Gasteiger partial charge in [-0.2, -0.15) is 11.8 Å². The number of likely N-dealkylation sites (tertiary alicyclic amines) is 2. The Morgan fingerprint density at radius 1 is 0.716 bits per heavy atom. The van der Waals surface area contributed by atoms with Gasteiger partial charge >= 0.3 is 5.97 Å². The molecule has 0 aromatic heterocycles. The van der Waals surface area contributed by atoms with Crippen molar-refractivity contribution in [3.63, 3.8) is 0 Å². The number of carboxylic acid groups (broad SMARTS) is 1. The van der Waals surface area contributed by atoms with Gasteiger partial charge in [0.15, 0.2) is 11.9 Å². The summed E-state index contributed by atoms with van der Waals surface area (Å²) in [5.41, 5.74) is 22.6. The van der Waals surface area contributed by atoms with Crippen molar-refractivity contribution in [2.75, 3.05) is 51.3 Å². The fourth-order valence-electron chi connectivity index (χ4n) is 8.30. The van der Waals surface area contributed by atoms with Crippen molar-refractivity contribution in [1.82, 2.24) is 41.7 Å². The van der Waals surface area contributed by atoms with E-state index in [-0.39, 0.29) is 88.4 Å². The molecular weight excluding hydrogens is 889 g/mol. The van der Waals surface area contributed by atoms with E-state index in [1.165, 1.54) is 16.7 Å². The Labute approximate surface area is 394 Å². The molecule has 3 aliphatic heterocycles. The predicted molar refractivity (Wildman–Crippen MR) is 252 cm³/mol. The monoisotopic (exact) mass is 957 g/mol. The lowest BCUT2D eigenvalue weighted by atomic mass is 10.0. The number of benzene rings is 1. The van der Waals surface area contributed by atoms with Gasteiger partial charge in [-0.1, -0.05) is 30.3 Å². The van der Waals surface area contributed by atoms with Crippen molar-refractivity contribution in [3.05, 3.63) is 35.9 Å². The number of carbonyl (C=O) groups is 8. The molecule has 3 fully saturated rings. The number of amides is 7. The number of hydrogen-bond donors (Lipinski definition) is 11. The van der Waals surface area contributed by atoms with E-state index in [0.717, 1.165) is 13.0 Å². The predicted octanol–water partition coefficient (Wildman–Crippen LogP) is -3.04. The van der Waals surface area contributed by atoms with E-state index < -0.39 is 84.2 Å². The third-order valence-electron chi connectivity index (χ3n) is 11.8. The van der Waals surface area contributed by atoms with E-state index in [0.29, 0.717) is 43.5 Å². The number of rotatable bonds is 26. The maximum atomic E-state index is 14.0. The zero-order valence-electron chi connectivity index (χ0n) is 38.1. The molecule has 0 bridgehead atoms. The van der Waals surface area contributed by atoms with Crippen molar-refractivity contribution >= 4 is 71.0 Å². The lowest BCUT2D eigenvalue weighted by Crippen LogP contribution is -2.58. The van der Waals surface area contributed by atoms with Crippen LogP contribution in [0.5, 0.6) is 0 Å². The Bertz CT molecular complexity index is 1930. The number of guanidine groups is 2. The summed E-state index contributed by atoms with van der Waals surface area (Å²) in [6.45, 7) is 1.10. The molecule has 370 valence electrons. The highest BCUT2D eigenvalue weighted by Gasteiger charge is 2.40. The molecular formula is C43H68N14O9S. The van der Waals surface area contributed by atoms with Gasteiger partial charge in [-0.3, -0.25) is 43.5 Å². The number of aliphatic carboxylic acids is 1. The molecule has 1 aromatic carbocycles. The zero-order valence-corrected chi connectivity index (χ0v) is 38.9. The normalized spacial score (nSPS) is 19.5.